The Labute approximate surface area is 118 Å². The van der Waals surface area contributed by atoms with Crippen LogP contribution in [0.3, 0.4) is 0 Å². The fourth-order valence-electron chi connectivity index (χ4n) is 1.75. The summed E-state index contributed by atoms with van der Waals surface area (Å²) in [6, 6.07) is 4.80. The molecule has 0 heterocycles. The zero-order valence-electron chi connectivity index (χ0n) is 12.2. The molecule has 0 aliphatic rings. The second kappa shape index (κ2) is 5.94. The van der Waals surface area contributed by atoms with Crippen LogP contribution in [0.1, 0.15) is 32.8 Å². The topological polar surface area (TPSA) is 86.6 Å². The van der Waals surface area contributed by atoms with E-state index >= 15 is 0 Å². The molecule has 20 heavy (non-hydrogen) atoms. The Bertz CT molecular complexity index is 525. The molecular formula is C15H21NO4. The zero-order chi connectivity index (χ0) is 15.5. The maximum atomic E-state index is 12.0. The van der Waals surface area contributed by atoms with Gasteiger partial charge in [-0.05, 0) is 31.4 Å². The van der Waals surface area contributed by atoms with Crippen molar-refractivity contribution in [2.24, 2.45) is 11.3 Å². The number of aromatic hydroxyl groups is 1. The van der Waals surface area contributed by atoms with E-state index in [2.05, 4.69) is 5.32 Å². The number of benzene rings is 1. The first-order valence-corrected chi connectivity index (χ1v) is 6.49. The van der Waals surface area contributed by atoms with Crippen LogP contribution in [0.15, 0.2) is 18.2 Å². The van der Waals surface area contributed by atoms with Gasteiger partial charge in [0.1, 0.15) is 5.75 Å². The molecule has 1 unspecified atom stereocenters. The van der Waals surface area contributed by atoms with Crippen LogP contribution in [-0.2, 0) is 9.59 Å². The van der Waals surface area contributed by atoms with Gasteiger partial charge in [0.25, 0.3) is 0 Å². The summed E-state index contributed by atoms with van der Waals surface area (Å²) in [7, 11) is 0. The van der Waals surface area contributed by atoms with E-state index in [-0.39, 0.29) is 24.0 Å². The zero-order valence-corrected chi connectivity index (χ0v) is 12.2. The molecule has 1 atom stereocenters. The van der Waals surface area contributed by atoms with Crippen LogP contribution in [-0.4, -0.2) is 22.1 Å². The molecule has 5 heteroatoms. The third-order valence-corrected chi connectivity index (χ3v) is 3.78. The van der Waals surface area contributed by atoms with Gasteiger partial charge in [0, 0.05) is 18.2 Å². The van der Waals surface area contributed by atoms with E-state index in [1.165, 1.54) is 6.07 Å². The van der Waals surface area contributed by atoms with Gasteiger partial charge in [-0.2, -0.15) is 0 Å². The fourth-order valence-corrected chi connectivity index (χ4v) is 1.75. The number of rotatable bonds is 5. The first-order valence-electron chi connectivity index (χ1n) is 6.49. The van der Waals surface area contributed by atoms with E-state index in [9.17, 15) is 19.8 Å². The summed E-state index contributed by atoms with van der Waals surface area (Å²) in [5, 5.41) is 21.5. The monoisotopic (exact) mass is 279 g/mol. The Kier molecular flexibility index (Phi) is 4.76. The van der Waals surface area contributed by atoms with Crippen LogP contribution in [0.4, 0.5) is 5.69 Å². The Morgan fingerprint density at radius 1 is 1.35 bits per heavy atom. The molecule has 1 aromatic rings. The highest BCUT2D eigenvalue weighted by Crippen LogP contribution is 2.32. The molecule has 1 amide bonds. The molecule has 1 rings (SSSR count). The number of carboxylic acids is 1. The van der Waals surface area contributed by atoms with Crippen LogP contribution in [0.5, 0.6) is 5.75 Å². The van der Waals surface area contributed by atoms with Crippen molar-refractivity contribution in [3.63, 3.8) is 0 Å². The van der Waals surface area contributed by atoms with Crippen molar-refractivity contribution in [3.8, 4) is 5.75 Å². The number of hydrogen-bond acceptors (Lipinski definition) is 3. The van der Waals surface area contributed by atoms with Gasteiger partial charge in [0.2, 0.25) is 5.91 Å². The van der Waals surface area contributed by atoms with Crippen molar-refractivity contribution < 1.29 is 19.8 Å². The molecule has 0 spiro atoms. The summed E-state index contributed by atoms with van der Waals surface area (Å²) in [4.78, 5) is 23.3. The number of phenols is 1. The van der Waals surface area contributed by atoms with Crippen molar-refractivity contribution in [2.75, 3.05) is 5.32 Å². The molecule has 5 nitrogen and oxygen atoms in total. The van der Waals surface area contributed by atoms with Gasteiger partial charge in [-0.3, -0.25) is 9.59 Å². The molecular weight excluding hydrogens is 258 g/mol. The minimum atomic E-state index is -1.11. The number of hydrogen-bond donors (Lipinski definition) is 3. The summed E-state index contributed by atoms with van der Waals surface area (Å²) >= 11 is 0. The van der Waals surface area contributed by atoms with E-state index in [0.717, 1.165) is 0 Å². The Morgan fingerprint density at radius 3 is 2.40 bits per heavy atom. The van der Waals surface area contributed by atoms with Crippen molar-refractivity contribution in [3.05, 3.63) is 23.8 Å². The van der Waals surface area contributed by atoms with Crippen molar-refractivity contribution in [1.82, 2.24) is 0 Å². The SMILES string of the molecule is Cc1ccc(NC(=O)CC(C)(C(=O)O)C(C)C)cc1O. The number of aryl methyl sites for hydroxylation is 1. The number of phenolic OH excluding ortho intramolecular Hbond substituents is 1. The maximum Gasteiger partial charge on any atom is 0.310 e. The van der Waals surface area contributed by atoms with Crippen molar-refractivity contribution in [1.29, 1.82) is 0 Å². The van der Waals surface area contributed by atoms with E-state index in [0.29, 0.717) is 11.3 Å². The number of carboxylic acid groups (broad SMARTS) is 1. The third-order valence-electron chi connectivity index (χ3n) is 3.78. The van der Waals surface area contributed by atoms with Crippen LogP contribution in [0.25, 0.3) is 0 Å². The molecule has 0 fully saturated rings. The predicted octanol–water partition coefficient (Wildman–Crippen LogP) is 2.78. The number of aliphatic carboxylic acids is 1. The standard InChI is InChI=1S/C15H21NO4/c1-9(2)15(4,14(19)20)8-13(18)16-11-6-5-10(3)12(17)7-11/h5-7,9,17H,8H2,1-4H3,(H,16,18)(H,19,20). The maximum absolute atomic E-state index is 12.0. The quantitative estimate of drug-likeness (QED) is 0.773. The highest BCUT2D eigenvalue weighted by Gasteiger charge is 2.38. The first-order chi connectivity index (χ1) is 9.16. The van der Waals surface area contributed by atoms with Gasteiger partial charge >= 0.3 is 5.97 Å². The van der Waals surface area contributed by atoms with Crippen LogP contribution in [0.2, 0.25) is 0 Å². The summed E-state index contributed by atoms with van der Waals surface area (Å²) in [5.41, 5.74) is 0.0479. The summed E-state index contributed by atoms with van der Waals surface area (Å²) in [6.45, 7) is 6.87. The molecule has 0 aliphatic heterocycles. The molecule has 0 saturated heterocycles. The largest absolute Gasteiger partial charge is 0.508 e. The lowest BCUT2D eigenvalue weighted by Crippen LogP contribution is -2.37. The molecule has 0 radical (unpaired) electrons. The highest BCUT2D eigenvalue weighted by molar-refractivity contribution is 5.94. The van der Waals surface area contributed by atoms with Gasteiger partial charge in [0.05, 0.1) is 5.41 Å². The van der Waals surface area contributed by atoms with Gasteiger partial charge in [0.15, 0.2) is 0 Å². The fraction of sp³-hybridized carbons (Fsp3) is 0.467. The van der Waals surface area contributed by atoms with Gasteiger partial charge in [-0.15, -0.1) is 0 Å². The third kappa shape index (κ3) is 3.50. The first kappa shape index (κ1) is 16.0. The van der Waals surface area contributed by atoms with Crippen molar-refractivity contribution >= 4 is 17.6 Å². The lowest BCUT2D eigenvalue weighted by molar-refractivity contribution is -0.153. The molecule has 110 valence electrons. The number of carbonyl (C=O) groups is 2. The minimum Gasteiger partial charge on any atom is -0.508 e. The summed E-state index contributed by atoms with van der Waals surface area (Å²) in [6.07, 6.45) is -0.116. The number of carbonyl (C=O) groups excluding carboxylic acids is 1. The van der Waals surface area contributed by atoms with Gasteiger partial charge in [-0.25, -0.2) is 0 Å². The van der Waals surface area contributed by atoms with E-state index < -0.39 is 11.4 Å². The lowest BCUT2D eigenvalue weighted by atomic mass is 9.76. The molecule has 0 aromatic heterocycles. The van der Waals surface area contributed by atoms with E-state index in [1.54, 1.807) is 39.8 Å². The van der Waals surface area contributed by atoms with Gasteiger partial charge in [-0.1, -0.05) is 19.9 Å². The second-order valence-electron chi connectivity index (χ2n) is 5.60. The highest BCUT2D eigenvalue weighted by atomic mass is 16.4. The van der Waals surface area contributed by atoms with E-state index in [4.69, 9.17) is 0 Å². The molecule has 1 aromatic carbocycles. The van der Waals surface area contributed by atoms with Crippen molar-refractivity contribution in [2.45, 2.75) is 34.1 Å². The average Bonchev–Trinajstić information content (AvgIpc) is 2.33. The Morgan fingerprint density at radius 2 is 1.95 bits per heavy atom. The lowest BCUT2D eigenvalue weighted by Gasteiger charge is -2.28. The van der Waals surface area contributed by atoms with Gasteiger partial charge < -0.3 is 15.5 Å². The van der Waals surface area contributed by atoms with E-state index in [1.807, 2.05) is 0 Å². The van der Waals surface area contributed by atoms with Crippen LogP contribution in [0, 0.1) is 18.3 Å². The summed E-state index contributed by atoms with van der Waals surface area (Å²) in [5.74, 6) is -1.45. The van der Waals surface area contributed by atoms with Crippen LogP contribution < -0.4 is 5.32 Å². The Balaban J connectivity index is 2.81. The summed E-state index contributed by atoms with van der Waals surface area (Å²) < 4.78 is 0. The Hall–Kier alpha value is -2.04. The molecule has 0 aliphatic carbocycles. The molecule has 3 N–H and O–H groups in total. The minimum absolute atomic E-state index is 0.0904. The smallest absolute Gasteiger partial charge is 0.310 e. The number of anilines is 1. The van der Waals surface area contributed by atoms with Crippen LogP contribution >= 0.6 is 0 Å². The number of nitrogens with one attached hydrogen (secondary N) is 1. The normalized spacial score (nSPS) is 13.8. The molecule has 0 saturated carbocycles. The average molecular weight is 279 g/mol. The number of amides is 1. The predicted molar refractivity (Wildman–Crippen MR) is 76.7 cm³/mol. The second-order valence-corrected chi connectivity index (χ2v) is 5.60. The molecule has 0 bridgehead atoms.